The second-order valence-corrected chi connectivity index (χ2v) is 5.94. The maximum absolute atomic E-state index is 4.12. The standard InChI is InChI=1S/C18H18N2S/c1-2-5-15(6-3-1)18(16-8-11-19-12-9-16)20-13-10-17-7-4-14-21-17/h1-9,11-12,14,18,20H,10,13H2. The molecule has 1 aromatic carbocycles. The fourth-order valence-corrected chi connectivity index (χ4v) is 3.13. The van der Waals surface area contributed by atoms with Gasteiger partial charge in [0.15, 0.2) is 0 Å². The summed E-state index contributed by atoms with van der Waals surface area (Å²) < 4.78 is 0. The van der Waals surface area contributed by atoms with Crippen molar-refractivity contribution in [2.75, 3.05) is 6.54 Å². The molecule has 3 aromatic rings. The van der Waals surface area contributed by atoms with Crippen LogP contribution in [0.5, 0.6) is 0 Å². The van der Waals surface area contributed by atoms with Crippen LogP contribution in [-0.2, 0) is 6.42 Å². The highest BCUT2D eigenvalue weighted by atomic mass is 32.1. The molecule has 1 N–H and O–H groups in total. The molecule has 0 fully saturated rings. The highest BCUT2D eigenvalue weighted by Crippen LogP contribution is 2.21. The Morgan fingerprint density at radius 1 is 0.905 bits per heavy atom. The average molecular weight is 294 g/mol. The van der Waals surface area contributed by atoms with Gasteiger partial charge in [-0.3, -0.25) is 4.98 Å². The van der Waals surface area contributed by atoms with Gasteiger partial charge in [0.1, 0.15) is 0 Å². The van der Waals surface area contributed by atoms with E-state index in [4.69, 9.17) is 0 Å². The Labute approximate surface area is 129 Å². The van der Waals surface area contributed by atoms with Crippen LogP contribution in [0.15, 0.2) is 72.4 Å². The van der Waals surface area contributed by atoms with Crippen molar-refractivity contribution in [2.24, 2.45) is 0 Å². The van der Waals surface area contributed by atoms with Crippen LogP contribution in [0.3, 0.4) is 0 Å². The molecule has 106 valence electrons. The largest absolute Gasteiger partial charge is 0.306 e. The minimum absolute atomic E-state index is 0.217. The summed E-state index contributed by atoms with van der Waals surface area (Å²) >= 11 is 1.82. The summed E-state index contributed by atoms with van der Waals surface area (Å²) in [5.74, 6) is 0. The molecule has 2 heterocycles. The molecule has 0 radical (unpaired) electrons. The number of aromatic nitrogens is 1. The third-order valence-electron chi connectivity index (χ3n) is 3.47. The summed E-state index contributed by atoms with van der Waals surface area (Å²) in [7, 11) is 0. The van der Waals surface area contributed by atoms with E-state index in [2.05, 4.69) is 70.3 Å². The van der Waals surface area contributed by atoms with Gasteiger partial charge in [-0.2, -0.15) is 0 Å². The molecule has 0 spiro atoms. The fraction of sp³-hybridized carbons (Fsp3) is 0.167. The number of thiophene rings is 1. The third kappa shape index (κ3) is 3.78. The SMILES string of the molecule is c1ccc(C(NCCc2cccs2)c2ccncc2)cc1. The zero-order valence-electron chi connectivity index (χ0n) is 11.8. The summed E-state index contributed by atoms with van der Waals surface area (Å²) in [6.45, 7) is 0.961. The molecule has 21 heavy (non-hydrogen) atoms. The van der Waals surface area contributed by atoms with Crippen molar-refractivity contribution >= 4 is 11.3 Å². The average Bonchev–Trinajstić information content (AvgIpc) is 3.07. The number of rotatable bonds is 6. The monoisotopic (exact) mass is 294 g/mol. The lowest BCUT2D eigenvalue weighted by molar-refractivity contribution is 0.607. The molecule has 0 bridgehead atoms. The molecule has 0 saturated heterocycles. The van der Waals surface area contributed by atoms with Crippen LogP contribution in [-0.4, -0.2) is 11.5 Å². The molecular formula is C18H18N2S. The first-order valence-corrected chi connectivity index (χ1v) is 8.02. The van der Waals surface area contributed by atoms with Gasteiger partial charge < -0.3 is 5.32 Å². The molecule has 0 aliphatic carbocycles. The topological polar surface area (TPSA) is 24.9 Å². The third-order valence-corrected chi connectivity index (χ3v) is 4.41. The van der Waals surface area contributed by atoms with Crippen LogP contribution in [0, 0.1) is 0 Å². The van der Waals surface area contributed by atoms with E-state index >= 15 is 0 Å². The Hall–Kier alpha value is -1.97. The highest BCUT2D eigenvalue weighted by Gasteiger charge is 2.12. The minimum Gasteiger partial charge on any atom is -0.306 e. The van der Waals surface area contributed by atoms with Gasteiger partial charge in [-0.25, -0.2) is 0 Å². The minimum atomic E-state index is 0.217. The first-order chi connectivity index (χ1) is 10.4. The number of hydrogen-bond donors (Lipinski definition) is 1. The van der Waals surface area contributed by atoms with Gasteiger partial charge in [-0.1, -0.05) is 36.4 Å². The molecule has 1 atom stereocenters. The molecule has 1 unspecified atom stereocenters. The number of benzene rings is 1. The smallest absolute Gasteiger partial charge is 0.0577 e. The Morgan fingerprint density at radius 3 is 2.38 bits per heavy atom. The van der Waals surface area contributed by atoms with Crippen molar-refractivity contribution in [1.82, 2.24) is 10.3 Å². The maximum atomic E-state index is 4.12. The van der Waals surface area contributed by atoms with Gasteiger partial charge >= 0.3 is 0 Å². The van der Waals surface area contributed by atoms with E-state index in [9.17, 15) is 0 Å². The normalized spacial score (nSPS) is 12.2. The second kappa shape index (κ2) is 7.16. The number of nitrogens with one attached hydrogen (secondary N) is 1. The lowest BCUT2D eigenvalue weighted by Gasteiger charge is -2.19. The highest BCUT2D eigenvalue weighted by molar-refractivity contribution is 7.09. The van der Waals surface area contributed by atoms with Crippen molar-refractivity contribution in [1.29, 1.82) is 0 Å². The summed E-state index contributed by atoms with van der Waals surface area (Å²) in [5.41, 5.74) is 2.54. The van der Waals surface area contributed by atoms with Crippen LogP contribution in [0.4, 0.5) is 0 Å². The quantitative estimate of drug-likeness (QED) is 0.741. The van der Waals surface area contributed by atoms with Crippen molar-refractivity contribution in [3.8, 4) is 0 Å². The van der Waals surface area contributed by atoms with Crippen LogP contribution in [0.1, 0.15) is 22.0 Å². The molecular weight excluding hydrogens is 276 g/mol. The van der Waals surface area contributed by atoms with E-state index in [1.807, 2.05) is 23.7 Å². The van der Waals surface area contributed by atoms with Crippen molar-refractivity contribution in [2.45, 2.75) is 12.5 Å². The van der Waals surface area contributed by atoms with E-state index in [1.165, 1.54) is 16.0 Å². The number of hydrogen-bond acceptors (Lipinski definition) is 3. The van der Waals surface area contributed by atoms with Gasteiger partial charge in [0, 0.05) is 23.8 Å². The van der Waals surface area contributed by atoms with Crippen LogP contribution >= 0.6 is 11.3 Å². The number of nitrogens with zero attached hydrogens (tertiary/aromatic N) is 1. The van der Waals surface area contributed by atoms with Gasteiger partial charge in [-0.05, 0) is 41.1 Å². The van der Waals surface area contributed by atoms with Gasteiger partial charge in [0.25, 0.3) is 0 Å². The zero-order valence-corrected chi connectivity index (χ0v) is 12.6. The summed E-state index contributed by atoms with van der Waals surface area (Å²) in [6.07, 6.45) is 4.77. The van der Waals surface area contributed by atoms with Crippen LogP contribution in [0.25, 0.3) is 0 Å². The molecule has 0 aliphatic rings. The predicted octanol–water partition coefficient (Wildman–Crippen LogP) is 4.06. The lowest BCUT2D eigenvalue weighted by atomic mass is 9.99. The van der Waals surface area contributed by atoms with Crippen molar-refractivity contribution in [3.63, 3.8) is 0 Å². The molecule has 0 amide bonds. The second-order valence-electron chi connectivity index (χ2n) is 4.91. The zero-order chi connectivity index (χ0) is 14.3. The summed E-state index contributed by atoms with van der Waals surface area (Å²) in [6, 6.07) is 19.2. The van der Waals surface area contributed by atoms with Gasteiger partial charge in [-0.15, -0.1) is 11.3 Å². The molecule has 3 heteroatoms. The van der Waals surface area contributed by atoms with Crippen LogP contribution in [0.2, 0.25) is 0 Å². The van der Waals surface area contributed by atoms with Crippen LogP contribution < -0.4 is 5.32 Å². The van der Waals surface area contributed by atoms with Gasteiger partial charge in [0.05, 0.1) is 6.04 Å². The summed E-state index contributed by atoms with van der Waals surface area (Å²) in [5, 5.41) is 5.80. The molecule has 3 rings (SSSR count). The maximum Gasteiger partial charge on any atom is 0.0577 e. The Balaban J connectivity index is 1.73. The van der Waals surface area contributed by atoms with E-state index < -0.39 is 0 Å². The van der Waals surface area contributed by atoms with E-state index in [0.29, 0.717) is 0 Å². The molecule has 2 nitrogen and oxygen atoms in total. The summed E-state index contributed by atoms with van der Waals surface area (Å²) in [4.78, 5) is 5.54. The lowest BCUT2D eigenvalue weighted by Crippen LogP contribution is -2.24. The van der Waals surface area contributed by atoms with E-state index in [0.717, 1.165) is 13.0 Å². The van der Waals surface area contributed by atoms with Crippen molar-refractivity contribution in [3.05, 3.63) is 88.4 Å². The Morgan fingerprint density at radius 2 is 1.67 bits per heavy atom. The molecule has 0 saturated carbocycles. The van der Waals surface area contributed by atoms with E-state index in [1.54, 1.807) is 0 Å². The van der Waals surface area contributed by atoms with E-state index in [-0.39, 0.29) is 6.04 Å². The Kier molecular flexibility index (Phi) is 4.77. The van der Waals surface area contributed by atoms with Crippen molar-refractivity contribution < 1.29 is 0 Å². The molecule has 2 aromatic heterocycles. The predicted molar refractivity (Wildman–Crippen MR) is 88.5 cm³/mol. The molecule has 0 aliphatic heterocycles. The fourth-order valence-electron chi connectivity index (χ4n) is 2.42. The number of pyridine rings is 1. The Bertz CT molecular complexity index is 596. The first-order valence-electron chi connectivity index (χ1n) is 7.14. The first kappa shape index (κ1) is 14.0. The van der Waals surface area contributed by atoms with Gasteiger partial charge in [0.2, 0.25) is 0 Å².